The van der Waals surface area contributed by atoms with Crippen LogP contribution >= 0.6 is 0 Å². The van der Waals surface area contributed by atoms with Gasteiger partial charge in [-0.1, -0.05) is 12.1 Å². The Morgan fingerprint density at radius 3 is 2.48 bits per heavy atom. The number of halogens is 1. The first kappa shape index (κ1) is 14.6. The number of nitrogens with one attached hydrogen (secondary N) is 1. The zero-order chi connectivity index (χ0) is 15.4. The fourth-order valence-electron chi connectivity index (χ4n) is 1.77. The molecule has 0 fully saturated rings. The summed E-state index contributed by atoms with van der Waals surface area (Å²) in [5.74, 6) is -0.692. The monoisotopic (exact) mass is 288 g/mol. The average molecular weight is 288 g/mol. The van der Waals surface area contributed by atoms with Gasteiger partial charge in [0.05, 0.1) is 4.92 Å². The van der Waals surface area contributed by atoms with Crippen molar-refractivity contribution in [2.75, 3.05) is 0 Å². The van der Waals surface area contributed by atoms with E-state index in [0.717, 1.165) is 0 Å². The van der Waals surface area contributed by atoms with Crippen molar-refractivity contribution < 1.29 is 14.1 Å². The van der Waals surface area contributed by atoms with Crippen molar-refractivity contribution >= 4 is 11.6 Å². The lowest BCUT2D eigenvalue weighted by Crippen LogP contribution is -2.22. The lowest BCUT2D eigenvalue weighted by atomic mass is 10.1. The number of hydrogen-bond donors (Lipinski definition) is 1. The summed E-state index contributed by atoms with van der Waals surface area (Å²) in [4.78, 5) is 21.9. The van der Waals surface area contributed by atoms with E-state index < -0.39 is 4.92 Å². The highest BCUT2D eigenvalue weighted by molar-refractivity contribution is 5.94. The van der Waals surface area contributed by atoms with Gasteiger partial charge >= 0.3 is 0 Å². The van der Waals surface area contributed by atoms with Crippen molar-refractivity contribution in [3.63, 3.8) is 0 Å². The molecule has 0 saturated carbocycles. The second-order valence-corrected chi connectivity index (χ2v) is 4.57. The molecule has 5 nitrogen and oxygen atoms in total. The Labute approximate surface area is 120 Å². The first-order valence-corrected chi connectivity index (χ1v) is 6.25. The summed E-state index contributed by atoms with van der Waals surface area (Å²) in [6, 6.07) is 10.0. The molecule has 0 radical (unpaired) electrons. The number of aryl methyl sites for hydroxylation is 1. The number of non-ortho nitro benzene ring substituents is 1. The molecular weight excluding hydrogens is 275 g/mol. The number of nitro groups is 1. The molecule has 0 bridgehead atoms. The molecule has 108 valence electrons. The van der Waals surface area contributed by atoms with E-state index in [2.05, 4.69) is 5.32 Å². The van der Waals surface area contributed by atoms with E-state index >= 15 is 0 Å². The summed E-state index contributed by atoms with van der Waals surface area (Å²) in [6.07, 6.45) is 0. The predicted molar refractivity (Wildman–Crippen MR) is 75.4 cm³/mol. The molecular formula is C15H13FN2O3. The van der Waals surface area contributed by atoms with E-state index in [9.17, 15) is 19.3 Å². The Kier molecular flexibility index (Phi) is 4.27. The van der Waals surface area contributed by atoms with E-state index in [1.165, 1.54) is 30.3 Å². The van der Waals surface area contributed by atoms with Crippen molar-refractivity contribution in [3.8, 4) is 0 Å². The van der Waals surface area contributed by atoms with Gasteiger partial charge in [0.15, 0.2) is 0 Å². The molecule has 0 aliphatic heterocycles. The lowest BCUT2D eigenvalue weighted by molar-refractivity contribution is -0.384. The lowest BCUT2D eigenvalue weighted by Gasteiger charge is -2.06. The number of nitrogens with zero attached hydrogens (tertiary/aromatic N) is 1. The van der Waals surface area contributed by atoms with Gasteiger partial charge in [-0.05, 0) is 36.2 Å². The highest BCUT2D eigenvalue weighted by atomic mass is 19.1. The Morgan fingerprint density at radius 1 is 1.24 bits per heavy atom. The van der Waals surface area contributed by atoms with Crippen molar-refractivity contribution in [2.45, 2.75) is 13.5 Å². The van der Waals surface area contributed by atoms with Crippen LogP contribution in [0, 0.1) is 22.9 Å². The summed E-state index contributed by atoms with van der Waals surface area (Å²) in [6.45, 7) is 1.85. The number of rotatable bonds is 4. The second-order valence-electron chi connectivity index (χ2n) is 4.57. The maximum atomic E-state index is 13.4. The van der Waals surface area contributed by atoms with E-state index in [4.69, 9.17) is 0 Å². The minimum absolute atomic E-state index is 0.0767. The Bertz CT molecular complexity index is 684. The van der Waals surface area contributed by atoms with Crippen LogP contribution in [-0.2, 0) is 6.54 Å². The van der Waals surface area contributed by atoms with Gasteiger partial charge in [0, 0.05) is 24.2 Å². The van der Waals surface area contributed by atoms with Crippen molar-refractivity contribution in [2.24, 2.45) is 0 Å². The van der Waals surface area contributed by atoms with Crippen LogP contribution in [0.4, 0.5) is 10.1 Å². The number of nitro benzene ring substituents is 1. The van der Waals surface area contributed by atoms with Gasteiger partial charge in [-0.15, -0.1) is 0 Å². The molecule has 2 aromatic rings. The molecule has 0 aromatic heterocycles. The smallest absolute Gasteiger partial charge is 0.269 e. The highest BCUT2D eigenvalue weighted by Gasteiger charge is 2.09. The SMILES string of the molecule is Cc1ccc(CNC(=O)c2ccc([N+](=O)[O-])cc2)cc1F. The molecule has 0 unspecified atom stereocenters. The van der Waals surface area contributed by atoms with Gasteiger partial charge in [-0.25, -0.2) is 4.39 Å². The van der Waals surface area contributed by atoms with Crippen molar-refractivity contribution in [1.82, 2.24) is 5.32 Å². The van der Waals surface area contributed by atoms with Crippen LogP contribution in [-0.4, -0.2) is 10.8 Å². The molecule has 21 heavy (non-hydrogen) atoms. The molecule has 1 N–H and O–H groups in total. The summed E-state index contributed by atoms with van der Waals surface area (Å²) >= 11 is 0. The van der Waals surface area contributed by atoms with Gasteiger partial charge in [0.25, 0.3) is 11.6 Å². The van der Waals surface area contributed by atoms with Gasteiger partial charge in [0.1, 0.15) is 5.82 Å². The fourth-order valence-corrected chi connectivity index (χ4v) is 1.77. The van der Waals surface area contributed by atoms with Gasteiger partial charge in [0.2, 0.25) is 0 Å². The number of carbonyl (C=O) groups excluding carboxylic acids is 1. The molecule has 0 aliphatic rings. The first-order chi connectivity index (χ1) is 9.97. The van der Waals surface area contributed by atoms with Gasteiger partial charge in [-0.2, -0.15) is 0 Å². The third-order valence-corrected chi connectivity index (χ3v) is 3.03. The number of amides is 1. The van der Waals surface area contributed by atoms with Gasteiger partial charge < -0.3 is 5.32 Å². The molecule has 0 heterocycles. The Balaban J connectivity index is 2.01. The molecule has 0 atom stereocenters. The fraction of sp³-hybridized carbons (Fsp3) is 0.133. The molecule has 1 amide bonds. The summed E-state index contributed by atoms with van der Waals surface area (Å²) in [7, 11) is 0. The minimum Gasteiger partial charge on any atom is -0.348 e. The standard InChI is InChI=1S/C15H13FN2O3/c1-10-2-3-11(8-14(10)16)9-17-15(19)12-4-6-13(7-5-12)18(20)21/h2-8H,9H2,1H3,(H,17,19). The van der Waals surface area contributed by atoms with Crippen LogP contribution in [0.1, 0.15) is 21.5 Å². The zero-order valence-corrected chi connectivity index (χ0v) is 11.3. The highest BCUT2D eigenvalue weighted by Crippen LogP contribution is 2.12. The molecule has 0 saturated heterocycles. The van der Waals surface area contributed by atoms with Gasteiger partial charge in [-0.3, -0.25) is 14.9 Å². The quantitative estimate of drug-likeness (QED) is 0.694. The Hall–Kier alpha value is -2.76. The van der Waals surface area contributed by atoms with Crippen LogP contribution in [0.3, 0.4) is 0 Å². The molecule has 2 rings (SSSR count). The average Bonchev–Trinajstić information content (AvgIpc) is 2.48. The third-order valence-electron chi connectivity index (χ3n) is 3.03. The van der Waals surface area contributed by atoms with Crippen LogP contribution in [0.2, 0.25) is 0 Å². The summed E-state index contributed by atoms with van der Waals surface area (Å²) in [5, 5.41) is 13.2. The minimum atomic E-state index is -0.531. The van der Waals surface area contributed by atoms with Crippen LogP contribution in [0.15, 0.2) is 42.5 Å². The normalized spacial score (nSPS) is 10.2. The zero-order valence-electron chi connectivity index (χ0n) is 11.3. The number of hydrogen-bond acceptors (Lipinski definition) is 3. The topological polar surface area (TPSA) is 72.2 Å². The number of benzene rings is 2. The largest absolute Gasteiger partial charge is 0.348 e. The second kappa shape index (κ2) is 6.13. The molecule has 2 aromatic carbocycles. The third kappa shape index (κ3) is 3.62. The summed E-state index contributed by atoms with van der Waals surface area (Å²) in [5.41, 5.74) is 1.43. The molecule has 0 spiro atoms. The Morgan fingerprint density at radius 2 is 1.90 bits per heavy atom. The molecule has 6 heteroatoms. The maximum absolute atomic E-state index is 13.4. The maximum Gasteiger partial charge on any atom is 0.269 e. The van der Waals surface area contributed by atoms with E-state index in [1.807, 2.05) is 0 Å². The van der Waals surface area contributed by atoms with E-state index in [-0.39, 0.29) is 24.0 Å². The van der Waals surface area contributed by atoms with E-state index in [0.29, 0.717) is 16.7 Å². The van der Waals surface area contributed by atoms with E-state index in [1.54, 1.807) is 19.1 Å². The van der Waals surface area contributed by atoms with Crippen molar-refractivity contribution in [1.29, 1.82) is 0 Å². The predicted octanol–water partition coefficient (Wildman–Crippen LogP) is 2.97. The van der Waals surface area contributed by atoms with Crippen LogP contribution in [0.5, 0.6) is 0 Å². The van der Waals surface area contributed by atoms with Crippen molar-refractivity contribution in [3.05, 3.63) is 75.1 Å². The van der Waals surface area contributed by atoms with Crippen LogP contribution in [0.25, 0.3) is 0 Å². The first-order valence-electron chi connectivity index (χ1n) is 6.25. The summed E-state index contributed by atoms with van der Waals surface area (Å²) < 4.78 is 13.4. The number of carbonyl (C=O) groups is 1. The molecule has 0 aliphatic carbocycles. The van der Waals surface area contributed by atoms with Crippen LogP contribution < -0.4 is 5.32 Å².